The Morgan fingerprint density at radius 3 is 2.86 bits per heavy atom. The molecule has 1 amide bonds. The summed E-state index contributed by atoms with van der Waals surface area (Å²) < 4.78 is 16.7. The van der Waals surface area contributed by atoms with Crippen LogP contribution in [0.15, 0.2) is 42.5 Å². The largest absolute Gasteiger partial charge is 0.496 e. The van der Waals surface area contributed by atoms with E-state index < -0.39 is 0 Å². The Labute approximate surface area is 171 Å². The number of fused-ring (bicyclic) bond motifs is 1. The standard InChI is InChI=1S/C23H28N2O4/c1-27-20-7-3-2-5-17(20)10-11-24-23(26)16-25-12-4-6-19(25)18-8-9-21-22(15-18)29-14-13-28-21/h2-3,5,7-9,15,19H,4,6,10-14,16H2,1H3,(H,24,26)/t19-/m1/s1. The fraction of sp³-hybridized carbons (Fsp3) is 0.435. The maximum atomic E-state index is 12.5. The molecule has 29 heavy (non-hydrogen) atoms. The second-order valence-corrected chi connectivity index (χ2v) is 7.44. The molecular formula is C23H28N2O4. The van der Waals surface area contributed by atoms with Crippen molar-refractivity contribution in [3.63, 3.8) is 0 Å². The van der Waals surface area contributed by atoms with E-state index in [9.17, 15) is 4.79 Å². The van der Waals surface area contributed by atoms with Crippen LogP contribution < -0.4 is 19.5 Å². The number of ether oxygens (including phenoxy) is 3. The summed E-state index contributed by atoms with van der Waals surface area (Å²) in [6, 6.07) is 14.3. The predicted octanol–water partition coefficient (Wildman–Crippen LogP) is 2.96. The number of nitrogens with one attached hydrogen (secondary N) is 1. The fourth-order valence-electron chi connectivity index (χ4n) is 4.15. The van der Waals surface area contributed by atoms with Crippen LogP contribution in [-0.4, -0.2) is 50.8 Å². The van der Waals surface area contributed by atoms with Crippen LogP contribution in [0.5, 0.6) is 17.2 Å². The van der Waals surface area contributed by atoms with Crippen molar-refractivity contribution in [1.29, 1.82) is 0 Å². The summed E-state index contributed by atoms with van der Waals surface area (Å²) in [6.45, 7) is 3.11. The van der Waals surface area contributed by atoms with Crippen molar-refractivity contribution in [3.8, 4) is 17.2 Å². The molecule has 0 spiro atoms. The number of nitrogens with zero attached hydrogens (tertiary/aromatic N) is 1. The van der Waals surface area contributed by atoms with Crippen LogP contribution in [0.1, 0.15) is 30.0 Å². The van der Waals surface area contributed by atoms with Crippen LogP contribution in [0.25, 0.3) is 0 Å². The Bertz CT molecular complexity index is 855. The van der Waals surface area contributed by atoms with Gasteiger partial charge in [-0.05, 0) is 55.1 Å². The van der Waals surface area contributed by atoms with Crippen LogP contribution in [0.2, 0.25) is 0 Å². The molecular weight excluding hydrogens is 368 g/mol. The monoisotopic (exact) mass is 396 g/mol. The molecule has 1 fully saturated rings. The van der Waals surface area contributed by atoms with Gasteiger partial charge in [-0.2, -0.15) is 0 Å². The average molecular weight is 396 g/mol. The van der Waals surface area contributed by atoms with Crippen molar-refractivity contribution in [2.75, 3.05) is 40.0 Å². The molecule has 154 valence electrons. The minimum atomic E-state index is 0.0596. The van der Waals surface area contributed by atoms with E-state index in [0.29, 0.717) is 26.3 Å². The molecule has 6 heteroatoms. The van der Waals surface area contributed by atoms with Crippen LogP contribution in [0, 0.1) is 0 Å². The number of rotatable bonds is 7. The number of carbonyl (C=O) groups is 1. The van der Waals surface area contributed by atoms with Crippen LogP contribution in [-0.2, 0) is 11.2 Å². The van der Waals surface area contributed by atoms with Crippen molar-refractivity contribution in [1.82, 2.24) is 10.2 Å². The van der Waals surface area contributed by atoms with E-state index in [4.69, 9.17) is 14.2 Å². The van der Waals surface area contributed by atoms with Gasteiger partial charge in [-0.1, -0.05) is 24.3 Å². The first kappa shape index (κ1) is 19.6. The number of para-hydroxylation sites is 1. The third kappa shape index (κ3) is 4.65. The Hall–Kier alpha value is -2.73. The Morgan fingerprint density at radius 1 is 1.17 bits per heavy atom. The molecule has 2 aliphatic heterocycles. The minimum absolute atomic E-state index is 0.0596. The third-order valence-corrected chi connectivity index (χ3v) is 5.57. The topological polar surface area (TPSA) is 60.0 Å². The highest BCUT2D eigenvalue weighted by molar-refractivity contribution is 5.78. The quantitative estimate of drug-likeness (QED) is 0.780. The summed E-state index contributed by atoms with van der Waals surface area (Å²) in [6.07, 6.45) is 2.89. The average Bonchev–Trinajstić information content (AvgIpc) is 3.21. The highest BCUT2D eigenvalue weighted by Crippen LogP contribution is 2.37. The van der Waals surface area contributed by atoms with Crippen LogP contribution in [0.4, 0.5) is 0 Å². The van der Waals surface area contributed by atoms with Gasteiger partial charge < -0.3 is 19.5 Å². The summed E-state index contributed by atoms with van der Waals surface area (Å²) in [7, 11) is 1.67. The number of hydrogen-bond acceptors (Lipinski definition) is 5. The molecule has 0 unspecified atom stereocenters. The molecule has 6 nitrogen and oxygen atoms in total. The Kier molecular flexibility index (Phi) is 6.20. The van der Waals surface area contributed by atoms with Gasteiger partial charge in [0.25, 0.3) is 0 Å². The summed E-state index contributed by atoms with van der Waals surface area (Å²) in [4.78, 5) is 14.8. The normalized spacial score (nSPS) is 18.4. The molecule has 1 N–H and O–H groups in total. The molecule has 2 aliphatic rings. The van der Waals surface area contributed by atoms with E-state index in [0.717, 1.165) is 48.6 Å². The molecule has 0 bridgehead atoms. The van der Waals surface area contributed by atoms with E-state index in [1.54, 1.807) is 7.11 Å². The van der Waals surface area contributed by atoms with Gasteiger partial charge in [-0.15, -0.1) is 0 Å². The lowest BCUT2D eigenvalue weighted by Crippen LogP contribution is -2.37. The van der Waals surface area contributed by atoms with Crippen molar-refractivity contribution in [2.24, 2.45) is 0 Å². The minimum Gasteiger partial charge on any atom is -0.496 e. The second-order valence-electron chi connectivity index (χ2n) is 7.44. The lowest BCUT2D eigenvalue weighted by molar-refractivity contribution is -0.122. The molecule has 0 radical (unpaired) electrons. The zero-order valence-electron chi connectivity index (χ0n) is 16.9. The molecule has 2 heterocycles. The van der Waals surface area contributed by atoms with E-state index in [-0.39, 0.29) is 11.9 Å². The van der Waals surface area contributed by atoms with Crippen molar-refractivity contribution in [3.05, 3.63) is 53.6 Å². The van der Waals surface area contributed by atoms with E-state index in [2.05, 4.69) is 22.3 Å². The van der Waals surface area contributed by atoms with Gasteiger partial charge in [0.2, 0.25) is 5.91 Å². The van der Waals surface area contributed by atoms with Gasteiger partial charge >= 0.3 is 0 Å². The number of hydrogen-bond donors (Lipinski definition) is 1. The first-order chi connectivity index (χ1) is 14.2. The van der Waals surface area contributed by atoms with Crippen LogP contribution in [0.3, 0.4) is 0 Å². The molecule has 0 saturated carbocycles. The summed E-state index contributed by atoms with van der Waals surface area (Å²) >= 11 is 0. The Balaban J connectivity index is 1.32. The van der Waals surface area contributed by atoms with Gasteiger partial charge in [-0.3, -0.25) is 9.69 Å². The third-order valence-electron chi connectivity index (χ3n) is 5.57. The zero-order valence-corrected chi connectivity index (χ0v) is 16.9. The zero-order chi connectivity index (χ0) is 20.1. The highest BCUT2D eigenvalue weighted by atomic mass is 16.6. The molecule has 1 saturated heterocycles. The fourth-order valence-corrected chi connectivity index (χ4v) is 4.15. The first-order valence-electron chi connectivity index (χ1n) is 10.3. The van der Waals surface area contributed by atoms with Gasteiger partial charge in [0.05, 0.1) is 13.7 Å². The van der Waals surface area contributed by atoms with Gasteiger partial charge in [-0.25, -0.2) is 0 Å². The highest BCUT2D eigenvalue weighted by Gasteiger charge is 2.28. The summed E-state index contributed by atoms with van der Waals surface area (Å²) in [5.41, 5.74) is 2.29. The maximum Gasteiger partial charge on any atom is 0.234 e. The van der Waals surface area contributed by atoms with E-state index in [1.165, 1.54) is 5.56 Å². The number of amides is 1. The van der Waals surface area contributed by atoms with Crippen molar-refractivity contribution < 1.29 is 19.0 Å². The van der Waals surface area contributed by atoms with Gasteiger partial charge in [0, 0.05) is 12.6 Å². The smallest absolute Gasteiger partial charge is 0.234 e. The van der Waals surface area contributed by atoms with Crippen molar-refractivity contribution >= 4 is 5.91 Å². The summed E-state index contributed by atoms with van der Waals surface area (Å²) in [5, 5.41) is 3.05. The number of benzene rings is 2. The van der Waals surface area contributed by atoms with Crippen molar-refractivity contribution in [2.45, 2.75) is 25.3 Å². The van der Waals surface area contributed by atoms with E-state index >= 15 is 0 Å². The molecule has 2 aromatic rings. The van der Waals surface area contributed by atoms with Gasteiger partial charge in [0.15, 0.2) is 11.5 Å². The first-order valence-corrected chi connectivity index (χ1v) is 10.3. The summed E-state index contributed by atoms with van der Waals surface area (Å²) in [5.74, 6) is 2.53. The van der Waals surface area contributed by atoms with E-state index in [1.807, 2.05) is 30.3 Å². The molecule has 4 rings (SSSR count). The van der Waals surface area contributed by atoms with Crippen LogP contribution >= 0.6 is 0 Å². The molecule has 1 atom stereocenters. The second kappa shape index (κ2) is 9.18. The molecule has 0 aromatic heterocycles. The number of methoxy groups -OCH3 is 1. The predicted molar refractivity (Wildman–Crippen MR) is 111 cm³/mol. The number of carbonyl (C=O) groups excluding carboxylic acids is 1. The van der Waals surface area contributed by atoms with Gasteiger partial charge in [0.1, 0.15) is 19.0 Å². The molecule has 2 aromatic carbocycles. The molecule has 0 aliphatic carbocycles. The SMILES string of the molecule is COc1ccccc1CCNC(=O)CN1CCC[C@@H]1c1ccc2c(c1)OCCO2. The maximum absolute atomic E-state index is 12.5. The Morgan fingerprint density at radius 2 is 2.00 bits per heavy atom. The lowest BCUT2D eigenvalue weighted by Gasteiger charge is -2.26. The lowest BCUT2D eigenvalue weighted by atomic mass is 10.0. The number of likely N-dealkylation sites (tertiary alicyclic amines) is 1.